The van der Waals surface area contributed by atoms with Gasteiger partial charge in [0.15, 0.2) is 0 Å². The number of carboxylic acid groups (broad SMARTS) is 1. The first-order valence-electron chi connectivity index (χ1n) is 9.85. The number of aliphatic carboxylic acids is 1. The number of hydrogen-bond donors (Lipinski definition) is 3. The van der Waals surface area contributed by atoms with Crippen molar-refractivity contribution in [1.82, 2.24) is 5.32 Å². The molecule has 1 aliphatic rings. The molecule has 0 heterocycles. The van der Waals surface area contributed by atoms with Crippen molar-refractivity contribution in [3.8, 4) is 11.1 Å². The highest BCUT2D eigenvalue weighted by Gasteiger charge is 2.29. The van der Waals surface area contributed by atoms with Gasteiger partial charge in [0.25, 0.3) is 0 Å². The molecule has 0 saturated carbocycles. The Bertz CT molecular complexity index is 1060. The van der Waals surface area contributed by atoms with Crippen LogP contribution in [0.1, 0.15) is 17.0 Å². The van der Waals surface area contributed by atoms with Crippen LogP contribution in [0.15, 0.2) is 77.7 Å². The first kappa shape index (κ1) is 20.8. The van der Waals surface area contributed by atoms with E-state index < -0.39 is 18.1 Å². The fourth-order valence-corrected chi connectivity index (χ4v) is 4.61. The Labute approximate surface area is 184 Å². The normalized spacial score (nSPS) is 13.2. The third-order valence-corrected chi connectivity index (χ3v) is 6.34. The summed E-state index contributed by atoms with van der Waals surface area (Å²) in [6, 6.07) is 22.1. The van der Waals surface area contributed by atoms with E-state index in [2.05, 4.69) is 17.4 Å². The van der Waals surface area contributed by atoms with Crippen LogP contribution < -0.4 is 11.1 Å². The summed E-state index contributed by atoms with van der Waals surface area (Å²) in [5.41, 5.74) is 10.8. The van der Waals surface area contributed by atoms with Gasteiger partial charge in [-0.05, 0) is 46.5 Å². The molecule has 3 aromatic carbocycles. The lowest BCUT2D eigenvalue weighted by Gasteiger charge is -2.17. The maximum absolute atomic E-state index is 12.4. The van der Waals surface area contributed by atoms with Crippen molar-refractivity contribution >= 4 is 29.5 Å². The van der Waals surface area contributed by atoms with Gasteiger partial charge < -0.3 is 20.9 Å². The predicted octanol–water partition coefficient (Wildman–Crippen LogP) is 4.35. The van der Waals surface area contributed by atoms with Gasteiger partial charge in [-0.2, -0.15) is 0 Å². The Balaban J connectivity index is 1.38. The first-order chi connectivity index (χ1) is 15.0. The number of nitrogen functional groups attached to an aromatic ring is 1. The third-order valence-electron chi connectivity index (χ3n) is 5.23. The van der Waals surface area contributed by atoms with Crippen molar-refractivity contribution < 1.29 is 19.4 Å². The molecule has 4 rings (SSSR count). The molecule has 3 aromatic rings. The van der Waals surface area contributed by atoms with E-state index in [1.165, 1.54) is 11.8 Å². The summed E-state index contributed by atoms with van der Waals surface area (Å²) in [6.45, 7) is 0.136. The molecule has 0 bridgehead atoms. The van der Waals surface area contributed by atoms with Gasteiger partial charge >= 0.3 is 12.1 Å². The number of benzene rings is 3. The van der Waals surface area contributed by atoms with Crippen LogP contribution in [0, 0.1) is 0 Å². The third kappa shape index (κ3) is 4.67. The molecule has 0 aromatic heterocycles. The van der Waals surface area contributed by atoms with Gasteiger partial charge in [-0.1, -0.05) is 48.5 Å². The highest BCUT2D eigenvalue weighted by molar-refractivity contribution is 7.99. The van der Waals surface area contributed by atoms with Crippen molar-refractivity contribution in [2.45, 2.75) is 16.9 Å². The number of fused-ring (bicyclic) bond motifs is 3. The number of alkyl carbamates (subject to hydrolysis) is 1. The van der Waals surface area contributed by atoms with E-state index in [0.717, 1.165) is 27.1 Å². The van der Waals surface area contributed by atoms with Gasteiger partial charge in [0, 0.05) is 22.3 Å². The minimum atomic E-state index is -1.11. The molecule has 0 aliphatic heterocycles. The van der Waals surface area contributed by atoms with Crippen LogP contribution in [0.2, 0.25) is 0 Å². The molecule has 0 fully saturated rings. The van der Waals surface area contributed by atoms with Crippen LogP contribution in [0.4, 0.5) is 10.5 Å². The smallest absolute Gasteiger partial charge is 0.407 e. The molecule has 158 valence electrons. The van der Waals surface area contributed by atoms with E-state index in [-0.39, 0.29) is 18.3 Å². The number of hydrogen-bond acceptors (Lipinski definition) is 5. The van der Waals surface area contributed by atoms with Crippen molar-refractivity contribution in [2.75, 3.05) is 18.1 Å². The molecule has 0 spiro atoms. The molecule has 1 unspecified atom stereocenters. The molecule has 0 saturated heterocycles. The number of thioether (sulfide) groups is 1. The maximum atomic E-state index is 12.4. The van der Waals surface area contributed by atoms with E-state index in [9.17, 15) is 14.7 Å². The zero-order valence-corrected chi connectivity index (χ0v) is 17.5. The largest absolute Gasteiger partial charge is 0.480 e. The van der Waals surface area contributed by atoms with Gasteiger partial charge in [-0.3, -0.25) is 0 Å². The number of nitrogens with two attached hydrogens (primary N) is 1. The number of carboxylic acids is 1. The first-order valence-corrected chi connectivity index (χ1v) is 10.8. The summed E-state index contributed by atoms with van der Waals surface area (Å²) in [4.78, 5) is 24.8. The van der Waals surface area contributed by atoms with Gasteiger partial charge in [0.2, 0.25) is 0 Å². The van der Waals surface area contributed by atoms with Crippen LogP contribution in [-0.2, 0) is 9.53 Å². The second-order valence-electron chi connectivity index (χ2n) is 7.24. The number of carbonyl (C=O) groups is 2. The second-order valence-corrected chi connectivity index (χ2v) is 8.33. The summed E-state index contributed by atoms with van der Waals surface area (Å²) in [5, 5.41) is 11.9. The zero-order valence-electron chi connectivity index (χ0n) is 16.7. The SMILES string of the molecule is Nc1ccc(SCC(NC(=O)OCC2c3ccccc3-c3ccccc32)C(=O)O)cc1. The van der Waals surface area contributed by atoms with E-state index in [0.29, 0.717) is 5.69 Å². The molecular weight excluding hydrogens is 412 g/mol. The number of carbonyl (C=O) groups excluding carboxylic acids is 1. The van der Waals surface area contributed by atoms with Crippen LogP contribution in [0.5, 0.6) is 0 Å². The average Bonchev–Trinajstić information content (AvgIpc) is 3.10. The lowest BCUT2D eigenvalue weighted by molar-refractivity contribution is -0.138. The molecule has 0 radical (unpaired) electrons. The molecule has 1 aliphatic carbocycles. The molecule has 4 N–H and O–H groups in total. The van der Waals surface area contributed by atoms with E-state index in [1.807, 2.05) is 48.5 Å². The van der Waals surface area contributed by atoms with Crippen molar-refractivity contribution in [3.05, 3.63) is 83.9 Å². The summed E-state index contributed by atoms with van der Waals surface area (Å²) in [5.74, 6) is -1.02. The fourth-order valence-electron chi connectivity index (χ4n) is 3.70. The standard InChI is InChI=1S/C24H22N2O4S/c25-15-9-11-16(12-10-15)31-14-22(23(27)28)26-24(29)30-13-21-19-7-3-1-5-17(19)18-6-2-4-8-20(18)21/h1-12,21-22H,13-14,25H2,(H,26,29)(H,27,28). The lowest BCUT2D eigenvalue weighted by atomic mass is 9.98. The van der Waals surface area contributed by atoms with E-state index in [4.69, 9.17) is 10.5 Å². The Morgan fingerprint density at radius 1 is 0.968 bits per heavy atom. The molecule has 1 amide bonds. The quantitative estimate of drug-likeness (QED) is 0.377. The summed E-state index contributed by atoms with van der Waals surface area (Å²) in [7, 11) is 0. The maximum Gasteiger partial charge on any atom is 0.407 e. The van der Waals surface area contributed by atoms with Gasteiger partial charge in [0.05, 0.1) is 0 Å². The highest BCUT2D eigenvalue weighted by atomic mass is 32.2. The average molecular weight is 435 g/mol. The van der Waals surface area contributed by atoms with Crippen LogP contribution in [0.25, 0.3) is 11.1 Å². The number of nitrogens with one attached hydrogen (secondary N) is 1. The van der Waals surface area contributed by atoms with Crippen molar-refractivity contribution in [3.63, 3.8) is 0 Å². The summed E-state index contributed by atoms with van der Waals surface area (Å²) >= 11 is 1.33. The van der Waals surface area contributed by atoms with Gasteiger partial charge in [0.1, 0.15) is 12.6 Å². The van der Waals surface area contributed by atoms with E-state index in [1.54, 1.807) is 12.1 Å². The number of amides is 1. The highest BCUT2D eigenvalue weighted by Crippen LogP contribution is 2.44. The topological polar surface area (TPSA) is 102 Å². The monoisotopic (exact) mass is 434 g/mol. The van der Waals surface area contributed by atoms with Crippen LogP contribution >= 0.6 is 11.8 Å². The fraction of sp³-hybridized carbons (Fsp3) is 0.167. The van der Waals surface area contributed by atoms with Crippen molar-refractivity contribution in [2.24, 2.45) is 0 Å². The molecule has 31 heavy (non-hydrogen) atoms. The Hall–Kier alpha value is -3.45. The summed E-state index contributed by atoms with van der Waals surface area (Å²) < 4.78 is 5.45. The van der Waals surface area contributed by atoms with E-state index >= 15 is 0 Å². The molecular formula is C24H22N2O4S. The second kappa shape index (κ2) is 9.14. The number of anilines is 1. The molecule has 7 heteroatoms. The van der Waals surface area contributed by atoms with Crippen LogP contribution in [0.3, 0.4) is 0 Å². The minimum absolute atomic E-state index is 0.0782. The zero-order chi connectivity index (χ0) is 21.8. The minimum Gasteiger partial charge on any atom is -0.480 e. The van der Waals surface area contributed by atoms with Gasteiger partial charge in [-0.15, -0.1) is 11.8 Å². The Kier molecular flexibility index (Phi) is 6.13. The number of ether oxygens (including phenoxy) is 1. The number of rotatable bonds is 7. The molecule has 1 atom stereocenters. The van der Waals surface area contributed by atoms with Crippen LogP contribution in [-0.4, -0.2) is 35.6 Å². The predicted molar refractivity (Wildman–Crippen MR) is 121 cm³/mol. The Morgan fingerprint density at radius 3 is 2.13 bits per heavy atom. The van der Waals surface area contributed by atoms with Crippen molar-refractivity contribution in [1.29, 1.82) is 0 Å². The summed E-state index contributed by atoms with van der Waals surface area (Å²) in [6.07, 6.45) is -0.743. The Morgan fingerprint density at radius 2 is 1.55 bits per heavy atom. The molecule has 6 nitrogen and oxygen atoms in total. The van der Waals surface area contributed by atoms with Gasteiger partial charge in [-0.25, -0.2) is 9.59 Å². The lowest BCUT2D eigenvalue weighted by Crippen LogP contribution is -2.43.